The zero-order valence-electron chi connectivity index (χ0n) is 15.5. The van der Waals surface area contributed by atoms with Crippen molar-refractivity contribution in [2.24, 2.45) is 0 Å². The number of anilines is 3. The van der Waals surface area contributed by atoms with E-state index in [9.17, 15) is 4.79 Å². The third-order valence-electron chi connectivity index (χ3n) is 4.62. The minimum atomic E-state index is -0.318. The molecule has 0 radical (unpaired) electrons. The van der Waals surface area contributed by atoms with Gasteiger partial charge in [-0.3, -0.25) is 4.79 Å². The number of rotatable bonds is 6. The Labute approximate surface area is 155 Å². The Kier molecular flexibility index (Phi) is 6.12. The Bertz CT molecular complexity index is 724. The number of hydrogen-bond donors (Lipinski definition) is 2. The predicted molar refractivity (Wildman–Crippen MR) is 107 cm³/mol. The zero-order chi connectivity index (χ0) is 18.4. The van der Waals surface area contributed by atoms with E-state index >= 15 is 0 Å². The molecular formula is C21H27N3O2. The normalized spacial score (nSPS) is 15.4. The first kappa shape index (κ1) is 18.3. The topological polar surface area (TPSA) is 53.6 Å². The van der Waals surface area contributed by atoms with Crippen molar-refractivity contribution < 1.29 is 9.53 Å². The molecule has 1 unspecified atom stereocenters. The van der Waals surface area contributed by atoms with E-state index in [1.54, 1.807) is 0 Å². The summed E-state index contributed by atoms with van der Waals surface area (Å²) in [6, 6.07) is 15.8. The van der Waals surface area contributed by atoms with E-state index in [4.69, 9.17) is 4.74 Å². The lowest BCUT2D eigenvalue weighted by atomic mass is 10.1. The number of morpholine rings is 1. The fraction of sp³-hybridized carbons (Fsp3) is 0.381. The van der Waals surface area contributed by atoms with Crippen LogP contribution >= 0.6 is 0 Å². The van der Waals surface area contributed by atoms with Crippen molar-refractivity contribution in [2.45, 2.75) is 26.3 Å². The largest absolute Gasteiger partial charge is 0.378 e. The Balaban J connectivity index is 1.56. The van der Waals surface area contributed by atoms with Gasteiger partial charge in [-0.2, -0.15) is 0 Å². The molecule has 0 aliphatic carbocycles. The number of benzene rings is 2. The van der Waals surface area contributed by atoms with Crippen LogP contribution in [-0.4, -0.2) is 38.3 Å². The molecule has 2 aromatic carbocycles. The summed E-state index contributed by atoms with van der Waals surface area (Å²) < 4.78 is 5.38. The van der Waals surface area contributed by atoms with Crippen molar-refractivity contribution in [3.63, 3.8) is 0 Å². The number of nitrogens with zero attached hydrogens (tertiary/aromatic N) is 1. The zero-order valence-corrected chi connectivity index (χ0v) is 15.5. The molecule has 1 aliphatic rings. The molecule has 3 rings (SSSR count). The Hall–Kier alpha value is -2.53. The summed E-state index contributed by atoms with van der Waals surface area (Å²) in [5.74, 6) is -0.0500. The van der Waals surface area contributed by atoms with E-state index in [0.29, 0.717) is 0 Å². The average Bonchev–Trinajstić information content (AvgIpc) is 2.69. The van der Waals surface area contributed by atoms with Gasteiger partial charge in [-0.25, -0.2) is 0 Å². The number of carbonyl (C=O) groups is 1. The summed E-state index contributed by atoms with van der Waals surface area (Å²) in [7, 11) is 0. The SMILES string of the molecule is CCc1cccc(NC(C)C(=O)Nc2ccc(N3CCOCC3)cc2)c1. The van der Waals surface area contributed by atoms with Gasteiger partial charge in [0, 0.05) is 30.2 Å². The lowest BCUT2D eigenvalue weighted by Crippen LogP contribution is -2.36. The minimum Gasteiger partial charge on any atom is -0.378 e. The van der Waals surface area contributed by atoms with Crippen LogP contribution in [0.4, 0.5) is 17.1 Å². The maximum atomic E-state index is 12.5. The molecule has 0 bridgehead atoms. The summed E-state index contributed by atoms with van der Waals surface area (Å²) in [5.41, 5.74) is 4.19. The number of carbonyl (C=O) groups excluding carboxylic acids is 1. The number of nitrogens with one attached hydrogen (secondary N) is 2. The lowest BCUT2D eigenvalue weighted by Gasteiger charge is -2.29. The van der Waals surface area contributed by atoms with E-state index < -0.39 is 0 Å². The summed E-state index contributed by atoms with van der Waals surface area (Å²) >= 11 is 0. The van der Waals surface area contributed by atoms with Crippen molar-refractivity contribution in [3.05, 3.63) is 54.1 Å². The van der Waals surface area contributed by atoms with Crippen molar-refractivity contribution in [3.8, 4) is 0 Å². The van der Waals surface area contributed by atoms with E-state index in [2.05, 4.69) is 34.6 Å². The molecule has 0 aromatic heterocycles. The minimum absolute atomic E-state index is 0.0500. The van der Waals surface area contributed by atoms with Crippen molar-refractivity contribution in [1.82, 2.24) is 0 Å². The molecule has 0 spiro atoms. The van der Waals surface area contributed by atoms with Gasteiger partial charge in [-0.1, -0.05) is 19.1 Å². The second-order valence-corrected chi connectivity index (χ2v) is 6.56. The van der Waals surface area contributed by atoms with E-state index in [0.717, 1.165) is 49.8 Å². The molecule has 0 saturated carbocycles. The first-order valence-corrected chi connectivity index (χ1v) is 9.25. The van der Waals surface area contributed by atoms with Crippen LogP contribution in [-0.2, 0) is 16.0 Å². The highest BCUT2D eigenvalue weighted by Crippen LogP contribution is 2.19. The van der Waals surface area contributed by atoms with Crippen LogP contribution in [0.2, 0.25) is 0 Å². The van der Waals surface area contributed by atoms with Gasteiger partial charge in [0.2, 0.25) is 5.91 Å². The molecule has 5 nitrogen and oxygen atoms in total. The van der Waals surface area contributed by atoms with Gasteiger partial charge in [-0.05, 0) is 55.3 Å². The van der Waals surface area contributed by atoms with Crippen LogP contribution in [0.15, 0.2) is 48.5 Å². The van der Waals surface area contributed by atoms with Crippen molar-refractivity contribution >= 4 is 23.0 Å². The Morgan fingerprint density at radius 1 is 1.12 bits per heavy atom. The highest BCUT2D eigenvalue weighted by atomic mass is 16.5. The van der Waals surface area contributed by atoms with Gasteiger partial charge in [0.25, 0.3) is 0 Å². The maximum Gasteiger partial charge on any atom is 0.246 e. The van der Waals surface area contributed by atoms with Gasteiger partial charge in [0.15, 0.2) is 0 Å². The second kappa shape index (κ2) is 8.72. The summed E-state index contributed by atoms with van der Waals surface area (Å²) in [6.45, 7) is 7.33. The average molecular weight is 353 g/mol. The number of ether oxygens (including phenoxy) is 1. The highest BCUT2D eigenvalue weighted by molar-refractivity contribution is 5.96. The molecule has 26 heavy (non-hydrogen) atoms. The highest BCUT2D eigenvalue weighted by Gasteiger charge is 2.14. The first-order chi connectivity index (χ1) is 12.7. The molecule has 2 N–H and O–H groups in total. The summed E-state index contributed by atoms with van der Waals surface area (Å²) in [4.78, 5) is 14.7. The fourth-order valence-corrected chi connectivity index (χ4v) is 3.02. The first-order valence-electron chi connectivity index (χ1n) is 9.25. The van der Waals surface area contributed by atoms with Gasteiger partial charge >= 0.3 is 0 Å². The summed E-state index contributed by atoms with van der Waals surface area (Å²) in [5, 5.41) is 6.24. The molecule has 138 valence electrons. The molecule has 1 fully saturated rings. The van der Waals surface area contributed by atoms with E-state index in [1.165, 1.54) is 5.56 Å². The molecule has 1 atom stereocenters. The third kappa shape index (κ3) is 4.76. The van der Waals surface area contributed by atoms with Crippen molar-refractivity contribution in [1.29, 1.82) is 0 Å². The standard InChI is InChI=1S/C21H27N3O2/c1-3-17-5-4-6-19(15-17)22-16(2)21(25)23-18-7-9-20(10-8-18)24-11-13-26-14-12-24/h4-10,15-16,22H,3,11-14H2,1-2H3,(H,23,25). The van der Waals surface area contributed by atoms with Gasteiger partial charge in [-0.15, -0.1) is 0 Å². The van der Waals surface area contributed by atoms with Crippen LogP contribution < -0.4 is 15.5 Å². The third-order valence-corrected chi connectivity index (χ3v) is 4.62. The molecule has 1 heterocycles. The molecule has 5 heteroatoms. The Morgan fingerprint density at radius 3 is 2.54 bits per heavy atom. The van der Waals surface area contributed by atoms with Crippen LogP contribution in [0.1, 0.15) is 19.4 Å². The molecule has 1 aliphatic heterocycles. The quantitative estimate of drug-likeness (QED) is 0.834. The smallest absolute Gasteiger partial charge is 0.246 e. The molecule has 1 saturated heterocycles. The molecule has 2 aromatic rings. The predicted octanol–water partition coefficient (Wildman–Crippen LogP) is 3.52. The lowest BCUT2D eigenvalue weighted by molar-refractivity contribution is -0.116. The van der Waals surface area contributed by atoms with Crippen LogP contribution in [0.5, 0.6) is 0 Å². The number of amides is 1. The van der Waals surface area contributed by atoms with Gasteiger partial charge in [0.05, 0.1) is 13.2 Å². The van der Waals surface area contributed by atoms with Crippen LogP contribution in [0.3, 0.4) is 0 Å². The van der Waals surface area contributed by atoms with E-state index in [-0.39, 0.29) is 11.9 Å². The van der Waals surface area contributed by atoms with Crippen LogP contribution in [0.25, 0.3) is 0 Å². The Morgan fingerprint density at radius 2 is 1.85 bits per heavy atom. The maximum absolute atomic E-state index is 12.5. The number of aryl methyl sites for hydroxylation is 1. The molecular weight excluding hydrogens is 326 g/mol. The van der Waals surface area contributed by atoms with Crippen LogP contribution in [0, 0.1) is 0 Å². The van der Waals surface area contributed by atoms with Gasteiger partial charge in [0.1, 0.15) is 6.04 Å². The van der Waals surface area contributed by atoms with E-state index in [1.807, 2.05) is 43.3 Å². The van der Waals surface area contributed by atoms with Crippen molar-refractivity contribution in [2.75, 3.05) is 41.8 Å². The number of hydrogen-bond acceptors (Lipinski definition) is 4. The summed E-state index contributed by atoms with van der Waals surface area (Å²) in [6.07, 6.45) is 0.978. The fourth-order valence-electron chi connectivity index (χ4n) is 3.02. The van der Waals surface area contributed by atoms with Gasteiger partial charge < -0.3 is 20.3 Å². The monoisotopic (exact) mass is 353 g/mol. The molecule has 1 amide bonds. The second-order valence-electron chi connectivity index (χ2n) is 6.56.